The highest BCUT2D eigenvalue weighted by atomic mass is 32.2. The van der Waals surface area contributed by atoms with Gasteiger partial charge in [0.15, 0.2) is 0 Å². The van der Waals surface area contributed by atoms with Crippen molar-refractivity contribution in [3.8, 4) is 0 Å². The van der Waals surface area contributed by atoms with Gasteiger partial charge in [-0.25, -0.2) is 12.8 Å². The molecule has 106 valence electrons. The summed E-state index contributed by atoms with van der Waals surface area (Å²) >= 11 is 0. The smallest absolute Gasteiger partial charge is 0.243 e. The van der Waals surface area contributed by atoms with E-state index in [1.54, 1.807) is 13.8 Å². The van der Waals surface area contributed by atoms with Gasteiger partial charge in [0, 0.05) is 13.1 Å². The average Bonchev–Trinajstić information content (AvgIpc) is 2.26. The van der Waals surface area contributed by atoms with Crippen LogP contribution in [0.2, 0.25) is 0 Å². The van der Waals surface area contributed by atoms with Crippen molar-refractivity contribution in [3.05, 3.63) is 29.1 Å². The van der Waals surface area contributed by atoms with Crippen LogP contribution in [0.25, 0.3) is 0 Å². The van der Waals surface area contributed by atoms with Crippen molar-refractivity contribution in [3.63, 3.8) is 0 Å². The Morgan fingerprint density at radius 1 is 1.32 bits per heavy atom. The van der Waals surface area contributed by atoms with Crippen molar-refractivity contribution in [1.82, 2.24) is 4.31 Å². The summed E-state index contributed by atoms with van der Waals surface area (Å²) in [5.74, 6) is -0.413. The minimum Gasteiger partial charge on any atom is -0.376 e. The van der Waals surface area contributed by atoms with Gasteiger partial charge in [0.2, 0.25) is 10.0 Å². The van der Waals surface area contributed by atoms with Gasteiger partial charge < -0.3 is 4.74 Å². The number of ether oxygens (including phenoxy) is 1. The summed E-state index contributed by atoms with van der Waals surface area (Å²) in [6.45, 7) is 6.13. The van der Waals surface area contributed by atoms with Gasteiger partial charge in [-0.2, -0.15) is 4.31 Å². The van der Waals surface area contributed by atoms with Gasteiger partial charge in [-0.15, -0.1) is 0 Å². The van der Waals surface area contributed by atoms with E-state index in [4.69, 9.17) is 4.74 Å². The van der Waals surface area contributed by atoms with E-state index < -0.39 is 15.8 Å². The molecule has 1 aliphatic heterocycles. The number of hydrogen-bond acceptors (Lipinski definition) is 3. The normalized spacial score (nSPS) is 21.6. The third kappa shape index (κ3) is 2.80. The minimum atomic E-state index is -3.59. The first-order chi connectivity index (χ1) is 8.82. The van der Waals surface area contributed by atoms with Crippen LogP contribution >= 0.6 is 0 Å². The number of rotatable bonds is 2. The van der Waals surface area contributed by atoms with Crippen molar-refractivity contribution in [2.75, 3.05) is 19.7 Å². The monoisotopic (exact) mass is 287 g/mol. The molecule has 2 rings (SSSR count). The molecule has 1 aromatic carbocycles. The number of benzene rings is 1. The number of nitrogens with zero attached hydrogens (tertiary/aromatic N) is 1. The summed E-state index contributed by atoms with van der Waals surface area (Å²) < 4.78 is 45.3. The summed E-state index contributed by atoms with van der Waals surface area (Å²) in [5.41, 5.74) is 0.883. The molecule has 0 bridgehead atoms. The third-order valence-corrected chi connectivity index (χ3v) is 5.40. The van der Waals surface area contributed by atoms with Crippen LogP contribution in [0.15, 0.2) is 17.0 Å². The lowest BCUT2D eigenvalue weighted by Crippen LogP contribution is -2.44. The van der Waals surface area contributed by atoms with Gasteiger partial charge in [0.25, 0.3) is 0 Å². The summed E-state index contributed by atoms with van der Waals surface area (Å²) in [4.78, 5) is 0.211. The van der Waals surface area contributed by atoms with Crippen LogP contribution in [-0.2, 0) is 14.8 Å². The van der Waals surface area contributed by atoms with E-state index in [0.29, 0.717) is 30.8 Å². The first kappa shape index (κ1) is 14.4. The lowest BCUT2D eigenvalue weighted by Gasteiger charge is -2.31. The zero-order chi connectivity index (χ0) is 14.2. The number of sulfonamides is 1. The molecule has 1 aliphatic rings. The Labute approximate surface area is 113 Å². The zero-order valence-corrected chi connectivity index (χ0v) is 12.1. The maximum atomic E-state index is 13.3. The maximum absolute atomic E-state index is 13.3. The summed E-state index contributed by atoms with van der Waals surface area (Å²) in [7, 11) is -3.59. The Hall–Kier alpha value is -0.980. The Morgan fingerprint density at radius 3 is 2.42 bits per heavy atom. The Morgan fingerprint density at radius 2 is 1.89 bits per heavy atom. The minimum absolute atomic E-state index is 0.121. The van der Waals surface area contributed by atoms with Gasteiger partial charge >= 0.3 is 0 Å². The van der Waals surface area contributed by atoms with E-state index in [-0.39, 0.29) is 11.0 Å². The fraction of sp³-hybridized carbons (Fsp3) is 0.538. The summed E-state index contributed by atoms with van der Waals surface area (Å²) in [6, 6.07) is 2.51. The molecule has 19 heavy (non-hydrogen) atoms. The van der Waals surface area contributed by atoms with E-state index in [2.05, 4.69) is 0 Å². The van der Waals surface area contributed by atoms with Crippen LogP contribution in [0.5, 0.6) is 0 Å². The standard InChI is InChI=1S/C13H18FNO3S/c1-9-6-12(14)7-10(2)13(9)19(16,17)15-4-5-18-11(3)8-15/h6-7,11H,4-5,8H2,1-3H3. The van der Waals surface area contributed by atoms with Crippen molar-refractivity contribution in [2.24, 2.45) is 0 Å². The van der Waals surface area contributed by atoms with Crippen LogP contribution in [-0.4, -0.2) is 38.5 Å². The molecule has 6 heteroatoms. The fourth-order valence-electron chi connectivity index (χ4n) is 2.44. The predicted octanol–water partition coefficient (Wildman–Crippen LogP) is 1.85. The Kier molecular flexibility index (Phi) is 3.94. The van der Waals surface area contributed by atoms with Gasteiger partial charge in [0.1, 0.15) is 5.82 Å². The lowest BCUT2D eigenvalue weighted by molar-refractivity contribution is 0.0101. The Balaban J connectivity index is 2.45. The number of hydrogen-bond donors (Lipinski definition) is 0. The molecular weight excluding hydrogens is 269 g/mol. The molecule has 1 atom stereocenters. The molecule has 0 aromatic heterocycles. The molecule has 0 N–H and O–H groups in total. The molecule has 1 heterocycles. The van der Waals surface area contributed by atoms with Crippen LogP contribution in [0.3, 0.4) is 0 Å². The third-order valence-electron chi connectivity index (χ3n) is 3.23. The second kappa shape index (κ2) is 5.19. The van der Waals surface area contributed by atoms with Crippen molar-refractivity contribution < 1.29 is 17.5 Å². The van der Waals surface area contributed by atoms with E-state index in [0.717, 1.165) is 0 Å². The SMILES string of the molecule is Cc1cc(F)cc(C)c1S(=O)(=O)N1CCOC(C)C1. The summed E-state index contributed by atoms with van der Waals surface area (Å²) in [6.07, 6.45) is -0.121. The molecule has 1 saturated heterocycles. The summed E-state index contributed by atoms with van der Waals surface area (Å²) in [5, 5.41) is 0. The van der Waals surface area contributed by atoms with Crippen LogP contribution in [0.4, 0.5) is 4.39 Å². The van der Waals surface area contributed by atoms with E-state index in [1.807, 2.05) is 6.92 Å². The second-order valence-electron chi connectivity index (χ2n) is 4.91. The molecule has 4 nitrogen and oxygen atoms in total. The Bertz CT molecular complexity index is 563. The van der Waals surface area contributed by atoms with Crippen LogP contribution in [0, 0.1) is 19.7 Å². The highest BCUT2D eigenvalue weighted by Crippen LogP contribution is 2.26. The number of aryl methyl sites for hydroxylation is 2. The molecule has 0 spiro atoms. The number of halogens is 1. The van der Waals surface area contributed by atoms with Gasteiger partial charge in [0.05, 0.1) is 17.6 Å². The molecule has 1 aromatic rings. The van der Waals surface area contributed by atoms with Crippen LogP contribution < -0.4 is 0 Å². The molecule has 0 radical (unpaired) electrons. The van der Waals surface area contributed by atoms with Gasteiger partial charge in [-0.05, 0) is 44.0 Å². The lowest BCUT2D eigenvalue weighted by atomic mass is 10.1. The second-order valence-corrected chi connectivity index (χ2v) is 6.79. The number of morpholine rings is 1. The molecule has 1 fully saturated rings. The first-order valence-corrected chi connectivity index (χ1v) is 7.65. The molecule has 0 aliphatic carbocycles. The van der Waals surface area contributed by atoms with Gasteiger partial charge in [-0.3, -0.25) is 0 Å². The predicted molar refractivity (Wildman–Crippen MR) is 70.0 cm³/mol. The maximum Gasteiger partial charge on any atom is 0.243 e. The topological polar surface area (TPSA) is 46.6 Å². The molecular formula is C13H18FNO3S. The van der Waals surface area contributed by atoms with E-state index in [1.165, 1.54) is 16.4 Å². The van der Waals surface area contributed by atoms with E-state index >= 15 is 0 Å². The molecule has 0 saturated carbocycles. The van der Waals surface area contributed by atoms with E-state index in [9.17, 15) is 12.8 Å². The zero-order valence-electron chi connectivity index (χ0n) is 11.3. The molecule has 1 unspecified atom stereocenters. The van der Waals surface area contributed by atoms with Crippen LogP contribution in [0.1, 0.15) is 18.1 Å². The molecule has 0 amide bonds. The highest BCUT2D eigenvalue weighted by molar-refractivity contribution is 7.89. The van der Waals surface area contributed by atoms with Crippen molar-refractivity contribution >= 4 is 10.0 Å². The fourth-order valence-corrected chi connectivity index (χ4v) is 4.35. The van der Waals surface area contributed by atoms with Crippen molar-refractivity contribution in [2.45, 2.75) is 31.8 Å². The average molecular weight is 287 g/mol. The van der Waals surface area contributed by atoms with Gasteiger partial charge in [-0.1, -0.05) is 0 Å². The quantitative estimate of drug-likeness (QED) is 0.834. The van der Waals surface area contributed by atoms with Crippen molar-refractivity contribution in [1.29, 1.82) is 0 Å². The first-order valence-electron chi connectivity index (χ1n) is 6.21. The highest BCUT2D eigenvalue weighted by Gasteiger charge is 2.31. The largest absolute Gasteiger partial charge is 0.376 e.